The quantitative estimate of drug-likeness (QED) is 0.812. The van der Waals surface area contributed by atoms with E-state index in [-0.39, 0.29) is 23.3 Å². The number of carbonyl (C=O) groups is 2. The van der Waals surface area contributed by atoms with Gasteiger partial charge in [-0.1, -0.05) is 20.8 Å². The van der Waals surface area contributed by atoms with Crippen LogP contribution in [0.25, 0.3) is 0 Å². The highest BCUT2D eigenvalue weighted by Gasteiger charge is 2.39. The summed E-state index contributed by atoms with van der Waals surface area (Å²) in [6.07, 6.45) is 6.15. The van der Waals surface area contributed by atoms with Crippen molar-refractivity contribution < 1.29 is 9.59 Å². The van der Waals surface area contributed by atoms with E-state index >= 15 is 0 Å². The normalized spacial score (nSPS) is 23.5. The van der Waals surface area contributed by atoms with Crippen molar-refractivity contribution in [1.29, 1.82) is 0 Å². The van der Waals surface area contributed by atoms with Crippen LogP contribution >= 0.6 is 11.8 Å². The van der Waals surface area contributed by atoms with Crippen LogP contribution in [0.1, 0.15) is 39.2 Å². The number of thioether (sulfide) groups is 1. The van der Waals surface area contributed by atoms with E-state index < -0.39 is 0 Å². The number of pyridine rings is 1. The summed E-state index contributed by atoms with van der Waals surface area (Å²) in [5.41, 5.74) is 1.22. The lowest BCUT2D eigenvalue weighted by Gasteiger charge is -2.29. The van der Waals surface area contributed by atoms with Gasteiger partial charge in [-0.3, -0.25) is 14.6 Å². The number of nitrogens with zero attached hydrogens (tertiary/aromatic N) is 3. The van der Waals surface area contributed by atoms with Gasteiger partial charge in [0.25, 0.3) is 0 Å². The Morgan fingerprint density at radius 1 is 1.27 bits per heavy atom. The Labute approximate surface area is 160 Å². The first-order valence-corrected chi connectivity index (χ1v) is 10.5. The smallest absolute Gasteiger partial charge is 0.246 e. The van der Waals surface area contributed by atoms with Gasteiger partial charge in [0.15, 0.2) is 0 Å². The number of hydrogen-bond acceptors (Lipinski definition) is 4. The van der Waals surface area contributed by atoms with Gasteiger partial charge in [-0.25, -0.2) is 0 Å². The van der Waals surface area contributed by atoms with E-state index in [0.717, 1.165) is 31.7 Å². The average molecular weight is 376 g/mol. The van der Waals surface area contributed by atoms with Crippen LogP contribution in [0.15, 0.2) is 24.5 Å². The molecule has 0 bridgehead atoms. The molecule has 1 aromatic heterocycles. The number of aromatic nitrogens is 1. The monoisotopic (exact) mass is 375 g/mol. The minimum absolute atomic E-state index is 0.0543. The fourth-order valence-electron chi connectivity index (χ4n) is 3.71. The van der Waals surface area contributed by atoms with Gasteiger partial charge in [-0.05, 0) is 41.9 Å². The van der Waals surface area contributed by atoms with Crippen LogP contribution in [0.2, 0.25) is 0 Å². The Kier molecular flexibility index (Phi) is 5.90. The van der Waals surface area contributed by atoms with E-state index in [1.165, 1.54) is 5.56 Å². The molecule has 2 aliphatic rings. The molecule has 6 heteroatoms. The summed E-state index contributed by atoms with van der Waals surface area (Å²) in [6, 6.07) is 3.81. The Morgan fingerprint density at radius 3 is 2.69 bits per heavy atom. The molecule has 2 saturated heterocycles. The molecule has 0 spiro atoms. The van der Waals surface area contributed by atoms with E-state index in [1.807, 2.05) is 29.4 Å². The molecule has 3 heterocycles. The summed E-state index contributed by atoms with van der Waals surface area (Å²) in [5, 5.41) is 0. The number of likely N-dealkylation sites (tertiary alicyclic amines) is 1. The zero-order valence-electron chi connectivity index (χ0n) is 16.0. The summed E-state index contributed by atoms with van der Waals surface area (Å²) in [7, 11) is 0. The molecule has 2 aliphatic heterocycles. The van der Waals surface area contributed by atoms with E-state index in [9.17, 15) is 9.59 Å². The summed E-state index contributed by atoms with van der Waals surface area (Å²) >= 11 is 1.69. The first-order valence-electron chi connectivity index (χ1n) is 9.38. The highest BCUT2D eigenvalue weighted by Crippen LogP contribution is 2.29. The molecular weight excluding hydrogens is 346 g/mol. The second-order valence-corrected chi connectivity index (χ2v) is 9.61. The van der Waals surface area contributed by atoms with Crippen LogP contribution in [-0.2, 0) is 16.0 Å². The molecule has 0 saturated carbocycles. The fourth-order valence-corrected chi connectivity index (χ4v) is 4.88. The molecule has 0 unspecified atom stereocenters. The van der Waals surface area contributed by atoms with Gasteiger partial charge in [0.05, 0.1) is 5.88 Å². The molecule has 3 rings (SSSR count). The van der Waals surface area contributed by atoms with Crippen LogP contribution in [-0.4, -0.2) is 57.4 Å². The minimum atomic E-state index is -0.283. The highest BCUT2D eigenvalue weighted by molar-refractivity contribution is 7.99. The predicted molar refractivity (Wildman–Crippen MR) is 105 cm³/mol. The summed E-state index contributed by atoms with van der Waals surface area (Å²) < 4.78 is 0. The molecule has 1 aromatic rings. The molecule has 0 radical (unpaired) electrons. The lowest BCUT2D eigenvalue weighted by molar-refractivity contribution is -0.143. The summed E-state index contributed by atoms with van der Waals surface area (Å²) in [6.45, 7) is 7.79. The van der Waals surface area contributed by atoms with Gasteiger partial charge in [0.2, 0.25) is 11.8 Å². The van der Waals surface area contributed by atoms with Gasteiger partial charge < -0.3 is 9.80 Å². The number of hydrogen-bond donors (Lipinski definition) is 0. The maximum atomic E-state index is 13.0. The predicted octanol–water partition coefficient (Wildman–Crippen LogP) is 2.81. The first-order chi connectivity index (χ1) is 12.3. The van der Waals surface area contributed by atoms with E-state index in [2.05, 4.69) is 25.8 Å². The minimum Gasteiger partial charge on any atom is -0.341 e. The summed E-state index contributed by atoms with van der Waals surface area (Å²) in [5.74, 6) is 2.09. The Balaban J connectivity index is 1.57. The molecule has 2 amide bonds. The number of rotatable bonds is 4. The molecule has 0 N–H and O–H groups in total. The lowest BCUT2D eigenvalue weighted by atomic mass is 9.91. The van der Waals surface area contributed by atoms with Crippen LogP contribution in [0, 0.1) is 11.3 Å². The van der Waals surface area contributed by atoms with Gasteiger partial charge in [-0.2, -0.15) is 0 Å². The van der Waals surface area contributed by atoms with Gasteiger partial charge in [0.1, 0.15) is 6.04 Å². The Bertz CT molecular complexity index is 644. The zero-order valence-corrected chi connectivity index (χ0v) is 16.8. The van der Waals surface area contributed by atoms with Crippen molar-refractivity contribution in [2.75, 3.05) is 24.7 Å². The van der Waals surface area contributed by atoms with Gasteiger partial charge >= 0.3 is 0 Å². The molecule has 0 aliphatic carbocycles. The molecule has 2 fully saturated rings. The lowest BCUT2D eigenvalue weighted by Crippen LogP contribution is -2.49. The first kappa shape index (κ1) is 19.2. The average Bonchev–Trinajstić information content (AvgIpc) is 3.23. The van der Waals surface area contributed by atoms with Gasteiger partial charge in [-0.15, -0.1) is 11.8 Å². The number of amides is 2. The molecule has 2 atom stereocenters. The van der Waals surface area contributed by atoms with E-state index in [0.29, 0.717) is 18.2 Å². The van der Waals surface area contributed by atoms with Crippen molar-refractivity contribution in [2.45, 2.75) is 46.1 Å². The van der Waals surface area contributed by atoms with Crippen molar-refractivity contribution in [3.63, 3.8) is 0 Å². The second kappa shape index (κ2) is 7.99. The largest absolute Gasteiger partial charge is 0.341 e. The Morgan fingerprint density at radius 2 is 2.00 bits per heavy atom. The highest BCUT2D eigenvalue weighted by atomic mass is 32.2. The maximum Gasteiger partial charge on any atom is 0.246 e. The van der Waals surface area contributed by atoms with Crippen LogP contribution in [0.3, 0.4) is 0 Å². The molecule has 5 nitrogen and oxygen atoms in total. The third kappa shape index (κ3) is 4.78. The molecule has 0 aromatic carbocycles. The van der Waals surface area contributed by atoms with Crippen molar-refractivity contribution in [2.24, 2.45) is 11.3 Å². The van der Waals surface area contributed by atoms with E-state index in [1.54, 1.807) is 16.7 Å². The SMILES string of the molecule is CC(C)(C)CC(=O)N1CSC[C@@H]1C(=O)N1CC[C@H](Cc2ccncc2)C1. The van der Waals surface area contributed by atoms with E-state index in [4.69, 9.17) is 0 Å². The van der Waals surface area contributed by atoms with Crippen molar-refractivity contribution in [3.8, 4) is 0 Å². The van der Waals surface area contributed by atoms with Crippen molar-refractivity contribution in [3.05, 3.63) is 30.1 Å². The summed E-state index contributed by atoms with van der Waals surface area (Å²) in [4.78, 5) is 33.5. The standard InChI is InChI=1S/C20H29N3O2S/c1-20(2,3)11-18(24)23-14-26-13-17(23)19(25)22-9-6-16(12-22)10-15-4-7-21-8-5-15/h4-5,7-8,16-17H,6,9-14H2,1-3H3/t16-,17-/m1/s1. The zero-order chi connectivity index (χ0) is 18.7. The van der Waals surface area contributed by atoms with Crippen molar-refractivity contribution in [1.82, 2.24) is 14.8 Å². The second-order valence-electron chi connectivity index (χ2n) is 8.62. The van der Waals surface area contributed by atoms with Gasteiger partial charge in [0, 0.05) is 37.7 Å². The van der Waals surface area contributed by atoms with Crippen LogP contribution in [0.4, 0.5) is 0 Å². The topological polar surface area (TPSA) is 53.5 Å². The Hall–Kier alpha value is -1.56. The molecular formula is C20H29N3O2S. The number of carbonyl (C=O) groups excluding carboxylic acids is 2. The fraction of sp³-hybridized carbons (Fsp3) is 0.650. The third-order valence-electron chi connectivity index (χ3n) is 5.04. The molecule has 26 heavy (non-hydrogen) atoms. The molecule has 142 valence electrons. The third-order valence-corrected chi connectivity index (χ3v) is 6.05. The van der Waals surface area contributed by atoms with Crippen molar-refractivity contribution >= 4 is 23.6 Å². The van der Waals surface area contributed by atoms with Crippen LogP contribution < -0.4 is 0 Å². The van der Waals surface area contributed by atoms with Crippen LogP contribution in [0.5, 0.6) is 0 Å². The maximum absolute atomic E-state index is 13.0.